The number of nitrogens with two attached hydrogens (primary N) is 1. The van der Waals surface area contributed by atoms with Crippen LogP contribution in [0, 0.1) is 0 Å². The van der Waals surface area contributed by atoms with Crippen LogP contribution in [0.25, 0.3) is 10.6 Å². The molecule has 2 aromatic rings. The van der Waals surface area contributed by atoms with Crippen LogP contribution in [-0.2, 0) is 0 Å². The van der Waals surface area contributed by atoms with Gasteiger partial charge in [0.2, 0.25) is 0 Å². The highest BCUT2D eigenvalue weighted by atomic mass is 32.1. The first-order chi connectivity index (χ1) is 11.2. The fourth-order valence-corrected chi connectivity index (χ4v) is 3.77. The van der Waals surface area contributed by atoms with Crippen molar-refractivity contribution < 1.29 is 9.53 Å². The molecule has 1 saturated heterocycles. The van der Waals surface area contributed by atoms with Gasteiger partial charge in [-0.05, 0) is 43.5 Å². The molecule has 0 bridgehead atoms. The minimum Gasteiger partial charge on any atom is -0.497 e. The fraction of sp³-hybridized carbons (Fsp3) is 0.412. The van der Waals surface area contributed by atoms with E-state index in [1.165, 1.54) is 11.3 Å². The van der Waals surface area contributed by atoms with Gasteiger partial charge < -0.3 is 15.4 Å². The topological polar surface area (TPSA) is 68.5 Å². The number of piperidine rings is 1. The van der Waals surface area contributed by atoms with Crippen LogP contribution in [0.3, 0.4) is 0 Å². The molecule has 2 N–H and O–H groups in total. The van der Waals surface area contributed by atoms with Gasteiger partial charge in [0.1, 0.15) is 15.6 Å². The Labute approximate surface area is 140 Å². The lowest BCUT2D eigenvalue weighted by Crippen LogP contribution is -2.47. The zero-order valence-electron chi connectivity index (χ0n) is 13.2. The molecule has 5 nitrogen and oxygen atoms in total. The normalized spacial score (nSPS) is 18.0. The van der Waals surface area contributed by atoms with Crippen LogP contribution in [0.5, 0.6) is 5.75 Å². The fourth-order valence-electron chi connectivity index (χ4n) is 2.89. The van der Waals surface area contributed by atoms with Gasteiger partial charge in [-0.3, -0.25) is 4.79 Å². The lowest BCUT2D eigenvalue weighted by Gasteiger charge is -2.34. The van der Waals surface area contributed by atoms with Gasteiger partial charge in [-0.1, -0.05) is 0 Å². The van der Waals surface area contributed by atoms with Gasteiger partial charge in [0, 0.05) is 24.7 Å². The van der Waals surface area contributed by atoms with Crippen molar-refractivity contribution in [1.29, 1.82) is 0 Å². The van der Waals surface area contributed by atoms with E-state index in [9.17, 15) is 4.79 Å². The molecule has 1 aliphatic rings. The summed E-state index contributed by atoms with van der Waals surface area (Å²) >= 11 is 1.43. The van der Waals surface area contributed by atoms with Crippen molar-refractivity contribution in [1.82, 2.24) is 9.88 Å². The Morgan fingerprint density at radius 2 is 2.17 bits per heavy atom. The molecular weight excluding hydrogens is 310 g/mol. The summed E-state index contributed by atoms with van der Waals surface area (Å²) in [5.74, 6) is 0.859. The molecule has 0 radical (unpaired) electrons. The largest absolute Gasteiger partial charge is 0.497 e. The van der Waals surface area contributed by atoms with E-state index in [4.69, 9.17) is 10.5 Å². The number of ether oxygens (including phenoxy) is 1. The molecule has 1 fully saturated rings. The Hall–Kier alpha value is -1.92. The smallest absolute Gasteiger partial charge is 0.265 e. The third-order valence-electron chi connectivity index (χ3n) is 4.21. The lowest BCUT2D eigenvalue weighted by atomic mass is 10.0. The van der Waals surface area contributed by atoms with E-state index in [-0.39, 0.29) is 11.9 Å². The van der Waals surface area contributed by atoms with Crippen molar-refractivity contribution in [2.45, 2.75) is 25.3 Å². The second-order valence-electron chi connectivity index (χ2n) is 5.64. The zero-order chi connectivity index (χ0) is 16.2. The quantitative estimate of drug-likeness (QED) is 0.935. The van der Waals surface area contributed by atoms with Gasteiger partial charge in [0.15, 0.2) is 0 Å². The minimum atomic E-state index is 0.0532. The van der Waals surface area contributed by atoms with E-state index in [2.05, 4.69) is 4.98 Å². The molecular formula is C17H21N3O2S. The Kier molecular flexibility index (Phi) is 4.93. The van der Waals surface area contributed by atoms with Crippen LogP contribution in [0.15, 0.2) is 30.5 Å². The van der Waals surface area contributed by atoms with Gasteiger partial charge in [0.25, 0.3) is 5.91 Å². The van der Waals surface area contributed by atoms with E-state index in [0.717, 1.165) is 42.1 Å². The lowest BCUT2D eigenvalue weighted by molar-refractivity contribution is 0.0628. The molecule has 122 valence electrons. The summed E-state index contributed by atoms with van der Waals surface area (Å²) in [7, 11) is 1.64. The number of aromatic nitrogens is 1. The number of hydrogen-bond donors (Lipinski definition) is 1. The minimum absolute atomic E-state index is 0.0532. The molecule has 0 aliphatic carbocycles. The third-order valence-corrected chi connectivity index (χ3v) is 5.25. The molecule has 6 heteroatoms. The summed E-state index contributed by atoms with van der Waals surface area (Å²) in [5.41, 5.74) is 6.80. The van der Waals surface area contributed by atoms with E-state index in [1.54, 1.807) is 13.3 Å². The number of methoxy groups -OCH3 is 1. The summed E-state index contributed by atoms with van der Waals surface area (Å²) in [5, 5.41) is 0.845. The molecule has 1 amide bonds. The van der Waals surface area contributed by atoms with Crippen LogP contribution in [0.4, 0.5) is 0 Å². The van der Waals surface area contributed by atoms with Gasteiger partial charge in [-0.2, -0.15) is 0 Å². The van der Waals surface area contributed by atoms with Gasteiger partial charge >= 0.3 is 0 Å². The number of carbonyl (C=O) groups is 1. The van der Waals surface area contributed by atoms with E-state index >= 15 is 0 Å². The van der Waals surface area contributed by atoms with Crippen molar-refractivity contribution in [3.63, 3.8) is 0 Å². The molecule has 1 atom stereocenters. The van der Waals surface area contributed by atoms with Crippen molar-refractivity contribution in [2.75, 3.05) is 20.2 Å². The van der Waals surface area contributed by atoms with Crippen LogP contribution in [-0.4, -0.2) is 42.0 Å². The van der Waals surface area contributed by atoms with Crippen LogP contribution in [0.2, 0.25) is 0 Å². The highest BCUT2D eigenvalue weighted by Gasteiger charge is 2.27. The molecule has 3 rings (SSSR count). The van der Waals surface area contributed by atoms with Crippen molar-refractivity contribution in [3.05, 3.63) is 35.3 Å². The zero-order valence-corrected chi connectivity index (χ0v) is 14.0. The molecule has 1 unspecified atom stereocenters. The Morgan fingerprint density at radius 1 is 1.39 bits per heavy atom. The number of nitrogens with zero attached hydrogens (tertiary/aromatic N) is 2. The molecule has 2 heterocycles. The van der Waals surface area contributed by atoms with Crippen molar-refractivity contribution in [2.24, 2.45) is 5.73 Å². The van der Waals surface area contributed by atoms with Crippen LogP contribution in [0.1, 0.15) is 28.9 Å². The predicted molar refractivity (Wildman–Crippen MR) is 91.8 cm³/mol. The SMILES string of the molecule is COc1ccc(-c2ncc(C(=O)N3CCCCC3CN)s2)cc1. The summed E-state index contributed by atoms with van der Waals surface area (Å²) in [6, 6.07) is 7.86. The predicted octanol–water partition coefficient (Wildman–Crippen LogP) is 2.77. The molecule has 1 aliphatic heterocycles. The third kappa shape index (κ3) is 3.38. The van der Waals surface area contributed by atoms with E-state index in [0.29, 0.717) is 11.4 Å². The summed E-state index contributed by atoms with van der Waals surface area (Å²) in [4.78, 5) is 19.7. The van der Waals surface area contributed by atoms with Gasteiger partial charge in [-0.25, -0.2) is 4.98 Å². The molecule has 1 aromatic heterocycles. The number of thiazole rings is 1. The second-order valence-corrected chi connectivity index (χ2v) is 6.67. The van der Waals surface area contributed by atoms with E-state index in [1.807, 2.05) is 29.2 Å². The van der Waals surface area contributed by atoms with Crippen molar-refractivity contribution in [3.8, 4) is 16.3 Å². The van der Waals surface area contributed by atoms with Gasteiger partial charge in [0.05, 0.1) is 13.3 Å². The number of amides is 1. The molecule has 0 saturated carbocycles. The number of carbonyl (C=O) groups excluding carboxylic acids is 1. The molecule has 23 heavy (non-hydrogen) atoms. The number of benzene rings is 1. The maximum Gasteiger partial charge on any atom is 0.265 e. The average molecular weight is 331 g/mol. The standard InChI is InChI=1S/C17H21N3O2S/c1-22-14-7-5-12(6-8-14)16-19-11-15(23-16)17(21)20-9-3-2-4-13(20)10-18/h5-8,11,13H,2-4,9-10,18H2,1H3. The Bertz CT molecular complexity index is 669. The Balaban J connectivity index is 1.78. The first-order valence-electron chi connectivity index (χ1n) is 7.84. The Morgan fingerprint density at radius 3 is 2.87 bits per heavy atom. The number of hydrogen-bond acceptors (Lipinski definition) is 5. The van der Waals surface area contributed by atoms with Crippen LogP contribution >= 0.6 is 11.3 Å². The summed E-state index contributed by atoms with van der Waals surface area (Å²) < 4.78 is 5.16. The van der Waals surface area contributed by atoms with Gasteiger partial charge in [-0.15, -0.1) is 11.3 Å². The van der Waals surface area contributed by atoms with E-state index < -0.39 is 0 Å². The first-order valence-corrected chi connectivity index (χ1v) is 8.66. The molecule has 1 aromatic carbocycles. The summed E-state index contributed by atoms with van der Waals surface area (Å²) in [6.45, 7) is 1.31. The summed E-state index contributed by atoms with van der Waals surface area (Å²) in [6.07, 6.45) is 4.86. The monoisotopic (exact) mass is 331 g/mol. The number of rotatable bonds is 4. The average Bonchev–Trinajstić information content (AvgIpc) is 3.11. The number of likely N-dealkylation sites (tertiary alicyclic amines) is 1. The van der Waals surface area contributed by atoms with Crippen molar-refractivity contribution >= 4 is 17.2 Å². The second kappa shape index (κ2) is 7.10. The molecule has 0 spiro atoms. The van der Waals surface area contributed by atoms with Crippen LogP contribution < -0.4 is 10.5 Å². The highest BCUT2D eigenvalue weighted by molar-refractivity contribution is 7.16. The maximum atomic E-state index is 12.7. The maximum absolute atomic E-state index is 12.7. The highest BCUT2D eigenvalue weighted by Crippen LogP contribution is 2.28. The first kappa shape index (κ1) is 16.0.